The maximum absolute atomic E-state index is 12.3. The van der Waals surface area contributed by atoms with Gasteiger partial charge in [-0.15, -0.1) is 0 Å². The van der Waals surface area contributed by atoms with E-state index in [1.165, 1.54) is 6.42 Å². The summed E-state index contributed by atoms with van der Waals surface area (Å²) in [7, 11) is 0. The minimum atomic E-state index is -0.817. The van der Waals surface area contributed by atoms with E-state index in [-0.39, 0.29) is 17.9 Å². The van der Waals surface area contributed by atoms with Crippen LogP contribution in [0.25, 0.3) is 0 Å². The highest BCUT2D eigenvalue weighted by Crippen LogP contribution is 2.33. The van der Waals surface area contributed by atoms with Crippen LogP contribution in [-0.2, 0) is 9.59 Å². The molecule has 0 aliphatic heterocycles. The number of nitrogens with one attached hydrogen (secondary N) is 1. The Bertz CT molecular complexity index is 345. The number of carbonyl (C=O) groups excluding carboxylic acids is 1. The van der Waals surface area contributed by atoms with E-state index in [4.69, 9.17) is 5.11 Å². The zero-order valence-corrected chi connectivity index (χ0v) is 11.9. The van der Waals surface area contributed by atoms with Crippen molar-refractivity contribution in [1.29, 1.82) is 0 Å². The van der Waals surface area contributed by atoms with E-state index < -0.39 is 11.9 Å². The zero-order valence-electron chi connectivity index (χ0n) is 11.9. The molecule has 0 saturated heterocycles. The maximum Gasteiger partial charge on any atom is 0.307 e. The van der Waals surface area contributed by atoms with Gasteiger partial charge in [0.2, 0.25) is 5.91 Å². The standard InChI is InChI=1S/C15H25NO3/c1-9-6-10(2)8-11(7-9)16-14(17)12-4-3-5-13(12)15(18)19/h9-13H,3-8H2,1-2H3,(H,16,17)(H,18,19)/t9?,10?,11?,12-,13+/m1/s1. The molecule has 0 radical (unpaired) electrons. The van der Waals surface area contributed by atoms with Crippen LogP contribution in [0.2, 0.25) is 0 Å². The van der Waals surface area contributed by atoms with Gasteiger partial charge in [-0.2, -0.15) is 0 Å². The van der Waals surface area contributed by atoms with Crippen LogP contribution in [0.4, 0.5) is 0 Å². The summed E-state index contributed by atoms with van der Waals surface area (Å²) in [5.74, 6) is -0.344. The minimum Gasteiger partial charge on any atom is -0.481 e. The molecule has 1 amide bonds. The Balaban J connectivity index is 1.91. The van der Waals surface area contributed by atoms with Gasteiger partial charge in [0.05, 0.1) is 11.8 Å². The van der Waals surface area contributed by atoms with E-state index in [2.05, 4.69) is 19.2 Å². The molecule has 4 atom stereocenters. The molecule has 2 N–H and O–H groups in total. The van der Waals surface area contributed by atoms with Gasteiger partial charge in [-0.1, -0.05) is 20.3 Å². The van der Waals surface area contributed by atoms with Crippen molar-refractivity contribution in [3.05, 3.63) is 0 Å². The first-order valence-electron chi connectivity index (χ1n) is 7.50. The van der Waals surface area contributed by atoms with Crippen molar-refractivity contribution in [1.82, 2.24) is 5.32 Å². The highest BCUT2D eigenvalue weighted by atomic mass is 16.4. The molecule has 0 spiro atoms. The zero-order chi connectivity index (χ0) is 14.0. The van der Waals surface area contributed by atoms with Crippen molar-refractivity contribution in [2.24, 2.45) is 23.7 Å². The summed E-state index contributed by atoms with van der Waals surface area (Å²) in [6.45, 7) is 4.45. The van der Waals surface area contributed by atoms with Crippen molar-refractivity contribution in [2.45, 2.75) is 58.4 Å². The fourth-order valence-corrected chi connectivity index (χ4v) is 3.94. The molecule has 2 rings (SSSR count). The first-order valence-corrected chi connectivity index (χ1v) is 7.50. The Kier molecular flexibility index (Phi) is 4.48. The van der Waals surface area contributed by atoms with Gasteiger partial charge in [-0.25, -0.2) is 0 Å². The molecule has 4 nitrogen and oxygen atoms in total. The summed E-state index contributed by atoms with van der Waals surface area (Å²) >= 11 is 0. The number of rotatable bonds is 3. The summed E-state index contributed by atoms with van der Waals surface area (Å²) in [6.07, 6.45) is 5.51. The molecule has 2 aliphatic rings. The van der Waals surface area contributed by atoms with E-state index in [1.807, 2.05) is 0 Å². The first-order chi connectivity index (χ1) is 8.97. The number of carboxylic acids is 1. The van der Waals surface area contributed by atoms with Crippen LogP contribution in [0.3, 0.4) is 0 Å². The van der Waals surface area contributed by atoms with Crippen molar-refractivity contribution in [2.75, 3.05) is 0 Å². The summed E-state index contributed by atoms with van der Waals surface area (Å²) in [5, 5.41) is 12.2. The normalized spacial score (nSPS) is 38.9. The molecule has 4 heteroatoms. The Morgan fingerprint density at radius 2 is 1.58 bits per heavy atom. The van der Waals surface area contributed by atoms with Crippen LogP contribution < -0.4 is 5.32 Å². The summed E-state index contributed by atoms with van der Waals surface area (Å²) in [5.41, 5.74) is 0. The molecule has 0 aromatic carbocycles. The quantitative estimate of drug-likeness (QED) is 0.825. The number of carbonyl (C=O) groups is 2. The van der Waals surface area contributed by atoms with Gasteiger partial charge >= 0.3 is 5.97 Å². The Morgan fingerprint density at radius 3 is 2.16 bits per heavy atom. The number of aliphatic carboxylic acids is 1. The van der Waals surface area contributed by atoms with Crippen LogP contribution in [0.1, 0.15) is 52.4 Å². The third-order valence-electron chi connectivity index (χ3n) is 4.69. The number of hydrogen-bond acceptors (Lipinski definition) is 2. The molecule has 0 bridgehead atoms. The van der Waals surface area contributed by atoms with Crippen molar-refractivity contribution in [3.63, 3.8) is 0 Å². The lowest BCUT2D eigenvalue weighted by atomic mass is 9.80. The molecule has 2 aliphatic carbocycles. The second-order valence-electron chi connectivity index (χ2n) is 6.61. The van der Waals surface area contributed by atoms with Gasteiger partial charge in [0.15, 0.2) is 0 Å². The molecule has 0 heterocycles. The van der Waals surface area contributed by atoms with Gasteiger partial charge in [0, 0.05) is 6.04 Å². The van der Waals surface area contributed by atoms with Gasteiger partial charge < -0.3 is 10.4 Å². The second-order valence-corrected chi connectivity index (χ2v) is 6.61. The second kappa shape index (κ2) is 5.93. The summed E-state index contributed by atoms with van der Waals surface area (Å²) < 4.78 is 0. The van der Waals surface area contributed by atoms with Crippen LogP contribution in [0, 0.1) is 23.7 Å². The van der Waals surface area contributed by atoms with E-state index in [0.717, 1.165) is 25.7 Å². The van der Waals surface area contributed by atoms with Crippen LogP contribution in [0.5, 0.6) is 0 Å². The Hall–Kier alpha value is -1.06. The average Bonchev–Trinajstić information content (AvgIpc) is 2.75. The molecule has 2 saturated carbocycles. The first kappa shape index (κ1) is 14.4. The maximum atomic E-state index is 12.3. The highest BCUT2D eigenvalue weighted by Gasteiger charge is 2.38. The predicted molar refractivity (Wildman–Crippen MR) is 72.6 cm³/mol. The third kappa shape index (κ3) is 3.48. The van der Waals surface area contributed by atoms with E-state index in [1.54, 1.807) is 0 Å². The predicted octanol–water partition coefficient (Wildman–Crippen LogP) is 2.43. The van der Waals surface area contributed by atoms with Crippen LogP contribution in [-0.4, -0.2) is 23.0 Å². The molecule has 19 heavy (non-hydrogen) atoms. The van der Waals surface area contributed by atoms with E-state index in [0.29, 0.717) is 18.3 Å². The lowest BCUT2D eigenvalue weighted by Crippen LogP contribution is -2.44. The van der Waals surface area contributed by atoms with Gasteiger partial charge in [-0.05, 0) is 43.9 Å². The van der Waals surface area contributed by atoms with E-state index in [9.17, 15) is 9.59 Å². The molecule has 2 fully saturated rings. The topological polar surface area (TPSA) is 66.4 Å². The van der Waals surface area contributed by atoms with Gasteiger partial charge in [0.25, 0.3) is 0 Å². The summed E-state index contributed by atoms with van der Waals surface area (Å²) in [6, 6.07) is 0.237. The largest absolute Gasteiger partial charge is 0.481 e. The highest BCUT2D eigenvalue weighted by molar-refractivity contribution is 5.85. The van der Waals surface area contributed by atoms with Crippen molar-refractivity contribution < 1.29 is 14.7 Å². The fourth-order valence-electron chi connectivity index (χ4n) is 3.94. The number of amides is 1. The van der Waals surface area contributed by atoms with Crippen molar-refractivity contribution >= 4 is 11.9 Å². The molecule has 0 aromatic heterocycles. The Morgan fingerprint density at radius 1 is 1.00 bits per heavy atom. The monoisotopic (exact) mass is 267 g/mol. The van der Waals surface area contributed by atoms with E-state index >= 15 is 0 Å². The lowest BCUT2D eigenvalue weighted by Gasteiger charge is -2.33. The average molecular weight is 267 g/mol. The fraction of sp³-hybridized carbons (Fsp3) is 0.867. The SMILES string of the molecule is CC1CC(C)CC(NC(=O)[C@@H]2CCC[C@@H]2C(=O)O)C1. The number of hydrogen-bond donors (Lipinski definition) is 2. The third-order valence-corrected chi connectivity index (χ3v) is 4.69. The van der Waals surface area contributed by atoms with Crippen LogP contribution in [0.15, 0.2) is 0 Å². The number of carboxylic acid groups (broad SMARTS) is 1. The smallest absolute Gasteiger partial charge is 0.307 e. The summed E-state index contributed by atoms with van der Waals surface area (Å²) in [4.78, 5) is 23.4. The van der Waals surface area contributed by atoms with Gasteiger partial charge in [0.1, 0.15) is 0 Å². The van der Waals surface area contributed by atoms with Crippen molar-refractivity contribution in [3.8, 4) is 0 Å². The molecule has 0 aromatic rings. The lowest BCUT2D eigenvalue weighted by molar-refractivity contribution is -0.146. The molecule has 2 unspecified atom stereocenters. The molecule has 108 valence electrons. The van der Waals surface area contributed by atoms with Gasteiger partial charge in [-0.3, -0.25) is 9.59 Å². The molecular weight excluding hydrogens is 242 g/mol. The van der Waals surface area contributed by atoms with Crippen LogP contribution >= 0.6 is 0 Å². The molecular formula is C15H25NO3. The Labute approximate surface area is 115 Å². The minimum absolute atomic E-state index is 0.0313.